The fraction of sp³-hybridized carbons (Fsp3) is 0.500. The van der Waals surface area contributed by atoms with Gasteiger partial charge in [-0.05, 0) is 31.2 Å². The molecule has 3 heterocycles. The molecule has 1 amide bonds. The van der Waals surface area contributed by atoms with Crippen molar-refractivity contribution >= 4 is 33.4 Å². The van der Waals surface area contributed by atoms with Crippen LogP contribution in [0.25, 0.3) is 21.3 Å². The largest absolute Gasteiger partial charge is 0.353 e. The third-order valence-electron chi connectivity index (χ3n) is 7.04. The van der Waals surface area contributed by atoms with Crippen LogP contribution in [0.5, 0.6) is 0 Å². The Morgan fingerprint density at radius 3 is 2.58 bits per heavy atom. The number of nitrogens with one attached hydrogen (secondary N) is 2. The van der Waals surface area contributed by atoms with Crippen molar-refractivity contribution in [3.05, 3.63) is 46.1 Å². The number of aromatic nitrogens is 2. The number of fused-ring (bicyclic) bond motifs is 1. The number of thiophene rings is 1. The summed E-state index contributed by atoms with van der Waals surface area (Å²) in [4.78, 5) is 35.9. The van der Waals surface area contributed by atoms with Gasteiger partial charge in [0.1, 0.15) is 4.70 Å². The molecule has 7 heteroatoms. The van der Waals surface area contributed by atoms with Crippen molar-refractivity contribution in [2.45, 2.75) is 63.8 Å². The van der Waals surface area contributed by atoms with Crippen LogP contribution in [0.15, 0.2) is 40.5 Å². The lowest BCUT2D eigenvalue weighted by Crippen LogP contribution is -2.46. The molecule has 33 heavy (non-hydrogen) atoms. The number of carbonyl (C=O) groups excluding carboxylic acids is 1. The maximum absolute atomic E-state index is 13.1. The van der Waals surface area contributed by atoms with Crippen LogP contribution in [0, 0.1) is 5.92 Å². The van der Waals surface area contributed by atoms with E-state index in [1.54, 1.807) is 0 Å². The van der Waals surface area contributed by atoms with Gasteiger partial charge in [0.2, 0.25) is 11.9 Å². The predicted octanol–water partition coefficient (Wildman–Crippen LogP) is 5.10. The van der Waals surface area contributed by atoms with Crippen LogP contribution in [0.2, 0.25) is 0 Å². The molecule has 0 spiro atoms. The van der Waals surface area contributed by atoms with Gasteiger partial charge in [0.05, 0.1) is 11.4 Å². The number of benzene rings is 1. The standard InChI is InChI=1S/C26H32N4O2S/c31-24(27-20-13-7-2-1-3-8-14-20)19-12-9-15-30(16-19)26-28-22-21(18-10-5-4-6-11-18)17-33-23(22)25(32)29-26/h4-6,10-11,17,19-20H,1-3,7-9,12-16H2,(H,27,31)(H,28,29,32). The number of piperidine rings is 1. The van der Waals surface area contributed by atoms with Gasteiger partial charge in [-0.3, -0.25) is 14.6 Å². The molecule has 2 aliphatic rings. The van der Waals surface area contributed by atoms with Gasteiger partial charge < -0.3 is 10.2 Å². The summed E-state index contributed by atoms with van der Waals surface area (Å²) >= 11 is 1.43. The first-order chi connectivity index (χ1) is 16.2. The van der Waals surface area contributed by atoms with E-state index in [2.05, 4.69) is 15.2 Å². The first-order valence-corrected chi connectivity index (χ1v) is 13.2. The molecule has 2 aromatic heterocycles. The van der Waals surface area contributed by atoms with Crippen LogP contribution in [-0.2, 0) is 4.79 Å². The summed E-state index contributed by atoms with van der Waals surface area (Å²) in [6.07, 6.45) is 10.3. The number of hydrogen-bond donors (Lipinski definition) is 2. The van der Waals surface area contributed by atoms with E-state index in [9.17, 15) is 9.59 Å². The quantitative estimate of drug-likeness (QED) is 0.563. The maximum atomic E-state index is 13.1. The van der Waals surface area contributed by atoms with E-state index >= 15 is 0 Å². The van der Waals surface area contributed by atoms with Crippen molar-refractivity contribution in [2.75, 3.05) is 18.0 Å². The highest BCUT2D eigenvalue weighted by Gasteiger charge is 2.29. The summed E-state index contributed by atoms with van der Waals surface area (Å²) in [5.41, 5.74) is 2.68. The van der Waals surface area contributed by atoms with E-state index < -0.39 is 0 Å². The SMILES string of the molecule is O=C(NC1CCCCCCC1)C1CCCN(c2nc3c(-c4ccccc4)csc3c(=O)[nH]2)C1. The van der Waals surface area contributed by atoms with Gasteiger partial charge in [-0.25, -0.2) is 4.98 Å². The van der Waals surface area contributed by atoms with Crippen LogP contribution in [0.4, 0.5) is 5.95 Å². The molecular formula is C26H32N4O2S. The zero-order chi connectivity index (χ0) is 22.6. The lowest BCUT2D eigenvalue weighted by molar-refractivity contribution is -0.126. The second-order valence-electron chi connectivity index (χ2n) is 9.42. The number of aromatic amines is 1. The molecule has 1 atom stereocenters. The summed E-state index contributed by atoms with van der Waals surface area (Å²) in [6.45, 7) is 1.39. The third kappa shape index (κ3) is 4.98. The average Bonchev–Trinajstić information content (AvgIpc) is 3.26. The van der Waals surface area contributed by atoms with E-state index in [4.69, 9.17) is 4.98 Å². The van der Waals surface area contributed by atoms with E-state index in [0.717, 1.165) is 48.9 Å². The Morgan fingerprint density at radius 2 is 1.79 bits per heavy atom. The zero-order valence-electron chi connectivity index (χ0n) is 19.0. The highest BCUT2D eigenvalue weighted by Crippen LogP contribution is 2.32. The Morgan fingerprint density at radius 1 is 1.03 bits per heavy atom. The van der Waals surface area contributed by atoms with E-state index in [1.165, 1.54) is 43.4 Å². The second kappa shape index (κ2) is 10.1. The predicted molar refractivity (Wildman–Crippen MR) is 135 cm³/mol. The highest BCUT2D eigenvalue weighted by molar-refractivity contribution is 7.17. The molecule has 6 nitrogen and oxygen atoms in total. The molecule has 2 N–H and O–H groups in total. The van der Waals surface area contributed by atoms with E-state index in [1.807, 2.05) is 35.7 Å². The molecule has 0 radical (unpaired) electrons. The monoisotopic (exact) mass is 464 g/mol. The lowest BCUT2D eigenvalue weighted by atomic mass is 9.94. The third-order valence-corrected chi connectivity index (χ3v) is 8.01. The lowest BCUT2D eigenvalue weighted by Gasteiger charge is -2.33. The number of nitrogens with zero attached hydrogens (tertiary/aromatic N) is 2. The second-order valence-corrected chi connectivity index (χ2v) is 10.3. The number of carbonyl (C=O) groups is 1. The van der Waals surface area contributed by atoms with Crippen molar-refractivity contribution in [2.24, 2.45) is 5.92 Å². The Balaban J connectivity index is 1.34. The van der Waals surface area contributed by atoms with Gasteiger partial charge >= 0.3 is 0 Å². The number of hydrogen-bond acceptors (Lipinski definition) is 5. The van der Waals surface area contributed by atoms with Gasteiger partial charge in [0, 0.05) is 30.1 Å². The molecule has 1 aromatic carbocycles. The number of anilines is 1. The van der Waals surface area contributed by atoms with Crippen LogP contribution in [-0.4, -0.2) is 35.0 Å². The normalized spacial score (nSPS) is 20.4. The first-order valence-electron chi connectivity index (χ1n) is 12.3. The number of H-pyrrole nitrogens is 1. The molecule has 1 unspecified atom stereocenters. The number of amides is 1. The fourth-order valence-corrected chi connectivity index (χ4v) is 6.10. The highest BCUT2D eigenvalue weighted by atomic mass is 32.1. The first kappa shape index (κ1) is 22.1. The van der Waals surface area contributed by atoms with E-state index in [0.29, 0.717) is 23.2 Å². The van der Waals surface area contributed by atoms with Crippen molar-refractivity contribution in [1.82, 2.24) is 15.3 Å². The molecular weight excluding hydrogens is 432 g/mol. The van der Waals surface area contributed by atoms with Gasteiger partial charge in [-0.15, -0.1) is 11.3 Å². The fourth-order valence-electron chi connectivity index (χ4n) is 5.19. The Labute approximate surface area is 198 Å². The van der Waals surface area contributed by atoms with E-state index in [-0.39, 0.29) is 17.4 Å². The van der Waals surface area contributed by atoms with Gasteiger partial charge in [0.15, 0.2) is 0 Å². The minimum Gasteiger partial charge on any atom is -0.353 e. The molecule has 3 aromatic rings. The summed E-state index contributed by atoms with van der Waals surface area (Å²) in [6, 6.07) is 10.4. The molecule has 174 valence electrons. The summed E-state index contributed by atoms with van der Waals surface area (Å²) < 4.78 is 0.646. The zero-order valence-corrected chi connectivity index (χ0v) is 19.8. The minimum absolute atomic E-state index is 0.0683. The van der Waals surface area contributed by atoms with Crippen LogP contribution >= 0.6 is 11.3 Å². The molecule has 0 bridgehead atoms. The van der Waals surface area contributed by atoms with Crippen molar-refractivity contribution < 1.29 is 4.79 Å². The van der Waals surface area contributed by atoms with Crippen molar-refractivity contribution in [3.63, 3.8) is 0 Å². The molecule has 1 saturated heterocycles. The molecule has 5 rings (SSSR count). The van der Waals surface area contributed by atoms with Crippen LogP contribution in [0.1, 0.15) is 57.8 Å². The topological polar surface area (TPSA) is 78.1 Å². The van der Waals surface area contributed by atoms with Crippen LogP contribution < -0.4 is 15.8 Å². The summed E-state index contributed by atoms with van der Waals surface area (Å²) in [5, 5.41) is 5.35. The molecule has 1 aliphatic carbocycles. The Hall–Kier alpha value is -2.67. The molecule has 1 saturated carbocycles. The minimum atomic E-state index is -0.108. The maximum Gasteiger partial charge on any atom is 0.270 e. The number of rotatable bonds is 4. The Bertz CT molecular complexity index is 1150. The molecule has 1 aliphatic heterocycles. The Kier molecular flexibility index (Phi) is 6.76. The molecule has 2 fully saturated rings. The smallest absolute Gasteiger partial charge is 0.270 e. The summed E-state index contributed by atoms with van der Waals surface area (Å²) in [5.74, 6) is 0.669. The average molecular weight is 465 g/mol. The van der Waals surface area contributed by atoms with Crippen molar-refractivity contribution in [3.8, 4) is 11.1 Å². The van der Waals surface area contributed by atoms with Gasteiger partial charge in [0.25, 0.3) is 5.56 Å². The van der Waals surface area contributed by atoms with Gasteiger partial charge in [-0.1, -0.05) is 62.4 Å². The van der Waals surface area contributed by atoms with Crippen molar-refractivity contribution in [1.29, 1.82) is 0 Å². The van der Waals surface area contributed by atoms with Gasteiger partial charge in [-0.2, -0.15) is 0 Å². The van der Waals surface area contributed by atoms with Crippen LogP contribution in [0.3, 0.4) is 0 Å². The summed E-state index contributed by atoms with van der Waals surface area (Å²) in [7, 11) is 0.